The molecule has 1 N–H and O–H groups in total. The summed E-state index contributed by atoms with van der Waals surface area (Å²) in [5, 5.41) is 2.57. The van der Waals surface area contributed by atoms with E-state index in [0.29, 0.717) is 21.5 Å². The van der Waals surface area contributed by atoms with Gasteiger partial charge in [0.15, 0.2) is 11.5 Å². The molecule has 0 unspecified atom stereocenters. The summed E-state index contributed by atoms with van der Waals surface area (Å²) in [5.74, 6) is 0.610. The third-order valence-electron chi connectivity index (χ3n) is 4.76. The summed E-state index contributed by atoms with van der Waals surface area (Å²) in [5.41, 5.74) is 1.34. The van der Waals surface area contributed by atoms with Gasteiger partial charge in [0.05, 0.1) is 14.2 Å². The Morgan fingerprint density at radius 2 is 1.72 bits per heavy atom. The average Bonchev–Trinajstić information content (AvgIpc) is 3.56. The summed E-state index contributed by atoms with van der Waals surface area (Å²) in [6.07, 6.45) is 1.64. The number of sulfonamides is 1. The number of methoxy groups -OCH3 is 2. The smallest absolute Gasteiger partial charge is 0.251 e. The second-order valence-electron chi connectivity index (χ2n) is 6.70. The van der Waals surface area contributed by atoms with Crippen LogP contribution in [0, 0.1) is 0 Å². The number of hydrogen-bond acceptors (Lipinski definition) is 5. The molecule has 0 aromatic heterocycles. The Morgan fingerprint density at radius 3 is 2.24 bits per heavy atom. The van der Waals surface area contributed by atoms with Crippen molar-refractivity contribution < 1.29 is 22.7 Å². The number of carbonyl (C=O) groups is 1. The van der Waals surface area contributed by atoms with Gasteiger partial charge in [0, 0.05) is 35.7 Å². The number of rotatable bonds is 8. The SMILES string of the molecule is CNC(=O)c1ccc(CN(C2CC2)S(=O)(=O)c2cc(OC)c(OC)cc2Br)cc1. The van der Waals surface area contributed by atoms with Crippen LogP contribution in [0.25, 0.3) is 0 Å². The fraction of sp³-hybridized carbons (Fsp3) is 0.350. The highest BCUT2D eigenvalue weighted by molar-refractivity contribution is 9.10. The van der Waals surface area contributed by atoms with Gasteiger partial charge in [-0.05, 0) is 52.5 Å². The molecule has 1 amide bonds. The number of carbonyl (C=O) groups excluding carboxylic acids is 1. The van der Waals surface area contributed by atoms with Crippen molar-refractivity contribution in [2.75, 3.05) is 21.3 Å². The van der Waals surface area contributed by atoms with Gasteiger partial charge >= 0.3 is 0 Å². The van der Waals surface area contributed by atoms with Gasteiger partial charge in [0.25, 0.3) is 5.91 Å². The lowest BCUT2D eigenvalue weighted by atomic mass is 10.1. The van der Waals surface area contributed by atoms with Gasteiger partial charge in [-0.15, -0.1) is 0 Å². The summed E-state index contributed by atoms with van der Waals surface area (Å²) in [6, 6.07) is 9.96. The lowest BCUT2D eigenvalue weighted by molar-refractivity contribution is 0.0963. The number of hydrogen-bond donors (Lipinski definition) is 1. The van der Waals surface area contributed by atoms with Gasteiger partial charge in [-0.3, -0.25) is 4.79 Å². The van der Waals surface area contributed by atoms with E-state index in [1.165, 1.54) is 24.6 Å². The molecule has 2 aromatic rings. The van der Waals surface area contributed by atoms with E-state index >= 15 is 0 Å². The van der Waals surface area contributed by atoms with Crippen molar-refractivity contribution in [1.29, 1.82) is 0 Å². The molecule has 0 aliphatic heterocycles. The summed E-state index contributed by atoms with van der Waals surface area (Å²) in [7, 11) is 0.749. The summed E-state index contributed by atoms with van der Waals surface area (Å²) in [4.78, 5) is 11.8. The quantitative estimate of drug-likeness (QED) is 0.624. The molecule has 9 heteroatoms. The zero-order valence-electron chi connectivity index (χ0n) is 16.4. The maximum absolute atomic E-state index is 13.5. The molecule has 1 fully saturated rings. The average molecular weight is 483 g/mol. The lowest BCUT2D eigenvalue weighted by Gasteiger charge is -2.23. The van der Waals surface area contributed by atoms with Gasteiger partial charge in [-0.1, -0.05) is 12.1 Å². The van der Waals surface area contributed by atoms with Crippen LogP contribution in [0.15, 0.2) is 45.8 Å². The largest absolute Gasteiger partial charge is 0.493 e. The molecule has 3 rings (SSSR count). The number of nitrogens with one attached hydrogen (secondary N) is 1. The molecule has 0 bridgehead atoms. The highest BCUT2D eigenvalue weighted by Gasteiger charge is 2.39. The number of ether oxygens (including phenoxy) is 2. The molecule has 1 aliphatic carbocycles. The predicted octanol–water partition coefficient (Wildman–Crippen LogP) is 3.18. The maximum Gasteiger partial charge on any atom is 0.251 e. The normalized spacial score (nSPS) is 14.0. The van der Waals surface area contributed by atoms with Gasteiger partial charge in [-0.25, -0.2) is 8.42 Å². The van der Waals surface area contributed by atoms with Crippen LogP contribution in [0.4, 0.5) is 0 Å². The topological polar surface area (TPSA) is 84.9 Å². The van der Waals surface area contributed by atoms with Crippen LogP contribution < -0.4 is 14.8 Å². The van der Waals surface area contributed by atoms with Crippen molar-refractivity contribution in [1.82, 2.24) is 9.62 Å². The number of nitrogens with zero attached hydrogens (tertiary/aromatic N) is 1. The van der Waals surface area contributed by atoms with E-state index in [4.69, 9.17) is 9.47 Å². The van der Waals surface area contributed by atoms with E-state index in [1.807, 2.05) is 0 Å². The molecule has 0 saturated heterocycles. The molecule has 0 heterocycles. The van der Waals surface area contributed by atoms with Gasteiger partial charge < -0.3 is 14.8 Å². The maximum atomic E-state index is 13.5. The first-order valence-corrected chi connectivity index (χ1v) is 11.3. The third-order valence-corrected chi connectivity index (χ3v) is 7.62. The fourth-order valence-corrected chi connectivity index (χ4v) is 5.69. The lowest BCUT2D eigenvalue weighted by Crippen LogP contribution is -2.33. The Bertz CT molecular complexity index is 1000. The van der Waals surface area contributed by atoms with E-state index < -0.39 is 10.0 Å². The number of amides is 1. The Morgan fingerprint density at radius 1 is 1.14 bits per heavy atom. The first-order chi connectivity index (χ1) is 13.8. The minimum absolute atomic E-state index is 0.0430. The van der Waals surface area contributed by atoms with Crippen LogP contribution in [0.5, 0.6) is 11.5 Å². The Balaban J connectivity index is 1.94. The molecule has 0 atom stereocenters. The number of benzene rings is 2. The Labute approximate surface area is 179 Å². The molecule has 0 radical (unpaired) electrons. The van der Waals surface area contributed by atoms with Gasteiger partial charge in [-0.2, -0.15) is 4.31 Å². The molecule has 1 aliphatic rings. The van der Waals surface area contributed by atoms with Crippen molar-refractivity contribution in [3.63, 3.8) is 0 Å². The minimum atomic E-state index is -3.78. The van der Waals surface area contributed by atoms with Crippen LogP contribution in [-0.4, -0.2) is 45.9 Å². The minimum Gasteiger partial charge on any atom is -0.493 e. The summed E-state index contributed by atoms with van der Waals surface area (Å²) >= 11 is 3.36. The van der Waals surface area contributed by atoms with Crippen LogP contribution in [0.1, 0.15) is 28.8 Å². The first kappa shape index (κ1) is 21.6. The fourth-order valence-electron chi connectivity index (χ4n) is 3.02. The van der Waals surface area contributed by atoms with Crippen LogP contribution in [0.3, 0.4) is 0 Å². The van der Waals surface area contributed by atoms with Gasteiger partial charge in [0.1, 0.15) is 4.90 Å². The van der Waals surface area contributed by atoms with Crippen molar-refractivity contribution in [2.24, 2.45) is 0 Å². The molecule has 156 valence electrons. The second kappa shape index (κ2) is 8.73. The van der Waals surface area contributed by atoms with Crippen LogP contribution in [-0.2, 0) is 16.6 Å². The van der Waals surface area contributed by atoms with Gasteiger partial charge in [0.2, 0.25) is 10.0 Å². The van der Waals surface area contributed by atoms with E-state index in [-0.39, 0.29) is 23.4 Å². The van der Waals surface area contributed by atoms with Crippen molar-refractivity contribution in [3.8, 4) is 11.5 Å². The predicted molar refractivity (Wildman–Crippen MR) is 113 cm³/mol. The standard InChI is InChI=1S/C20H23BrN2O5S/c1-22-20(24)14-6-4-13(5-7-14)12-23(15-8-9-15)29(25,26)19-11-18(28-3)17(27-2)10-16(19)21/h4-7,10-11,15H,8-9,12H2,1-3H3,(H,22,24). The second-order valence-corrected chi connectivity index (χ2v) is 9.41. The van der Waals surface area contributed by atoms with Crippen LogP contribution in [0.2, 0.25) is 0 Å². The van der Waals surface area contributed by atoms with E-state index in [0.717, 1.165) is 18.4 Å². The zero-order chi connectivity index (χ0) is 21.2. The van der Waals surface area contributed by atoms with Crippen LogP contribution >= 0.6 is 15.9 Å². The Kier molecular flexibility index (Phi) is 6.50. The molecule has 7 nitrogen and oxygen atoms in total. The highest BCUT2D eigenvalue weighted by atomic mass is 79.9. The molecular formula is C20H23BrN2O5S. The zero-order valence-corrected chi connectivity index (χ0v) is 18.8. The van der Waals surface area contributed by atoms with E-state index in [2.05, 4.69) is 21.2 Å². The molecule has 2 aromatic carbocycles. The van der Waals surface area contributed by atoms with E-state index in [9.17, 15) is 13.2 Å². The first-order valence-electron chi connectivity index (χ1n) is 9.06. The van der Waals surface area contributed by atoms with Crippen molar-refractivity contribution in [3.05, 3.63) is 52.0 Å². The summed E-state index contributed by atoms with van der Waals surface area (Å²) < 4.78 is 39.4. The highest BCUT2D eigenvalue weighted by Crippen LogP contribution is 2.40. The van der Waals surface area contributed by atoms with Crippen molar-refractivity contribution >= 4 is 31.9 Å². The number of halogens is 1. The summed E-state index contributed by atoms with van der Waals surface area (Å²) in [6.45, 7) is 0.224. The Hall–Kier alpha value is -2.10. The molecule has 1 saturated carbocycles. The third kappa shape index (κ3) is 4.57. The van der Waals surface area contributed by atoms with E-state index in [1.54, 1.807) is 37.4 Å². The molecule has 0 spiro atoms. The molecule has 29 heavy (non-hydrogen) atoms. The van der Waals surface area contributed by atoms with Crippen molar-refractivity contribution in [2.45, 2.75) is 30.3 Å². The monoisotopic (exact) mass is 482 g/mol. The molecular weight excluding hydrogens is 460 g/mol.